The summed E-state index contributed by atoms with van der Waals surface area (Å²) >= 11 is 0. The lowest BCUT2D eigenvalue weighted by atomic mass is 9.57. The molecule has 6 unspecified atom stereocenters. The molecule has 1 aromatic carbocycles. The molecular formula is C28H35NO2. The lowest BCUT2D eigenvalue weighted by molar-refractivity contribution is -0.0501. The fourth-order valence-electron chi connectivity index (χ4n) is 8.13. The van der Waals surface area contributed by atoms with Crippen LogP contribution in [0.1, 0.15) is 76.2 Å². The molecule has 6 rings (SSSR count). The van der Waals surface area contributed by atoms with E-state index in [4.69, 9.17) is 0 Å². The molecule has 0 aliphatic heterocycles. The minimum Gasteiger partial charge on any atom is -0.393 e. The molecule has 2 N–H and O–H groups in total. The number of benzene rings is 1. The molecule has 1 aromatic heterocycles. The maximum absolute atomic E-state index is 12.2. The smallest absolute Gasteiger partial charge is 0.0890 e. The van der Waals surface area contributed by atoms with E-state index in [1.165, 1.54) is 21.9 Å². The molecule has 4 aliphatic rings. The highest BCUT2D eigenvalue weighted by Crippen LogP contribution is 2.64. The molecule has 0 amide bonds. The van der Waals surface area contributed by atoms with Crippen molar-refractivity contribution in [3.63, 3.8) is 0 Å². The largest absolute Gasteiger partial charge is 0.393 e. The number of nitrogens with zero attached hydrogens (tertiary/aromatic N) is 1. The molecule has 0 saturated heterocycles. The number of rotatable bonds is 1. The zero-order chi connectivity index (χ0) is 21.2. The Morgan fingerprint density at radius 1 is 1.00 bits per heavy atom. The predicted octanol–water partition coefficient (Wildman–Crippen LogP) is 5.76. The van der Waals surface area contributed by atoms with E-state index in [1.54, 1.807) is 0 Å². The normalized spacial score (nSPS) is 42.3. The Morgan fingerprint density at radius 2 is 1.90 bits per heavy atom. The fourth-order valence-corrected chi connectivity index (χ4v) is 8.13. The van der Waals surface area contributed by atoms with Crippen molar-refractivity contribution in [2.75, 3.05) is 0 Å². The standard InChI is InChI=1S/C28H35NO2/c1-27-11-9-23-15-21-16-24(30)5-4-18(21)8-12-28(23,31)26(27)7-6-25(27)20-3-2-19-10-13-29-17-22(19)14-20/h2-3,9-10,13-14,17-18,21,24-26,30-31H,4-8,11-12,15-16H2,1H3/t18?,21?,24?,25?,26?,27?,28-/m1/s1. The maximum atomic E-state index is 12.2. The molecule has 0 radical (unpaired) electrons. The average molecular weight is 418 g/mol. The van der Waals surface area contributed by atoms with Crippen LogP contribution in [0.5, 0.6) is 0 Å². The van der Waals surface area contributed by atoms with Crippen molar-refractivity contribution in [1.29, 1.82) is 0 Å². The fraction of sp³-hybridized carbons (Fsp3) is 0.607. The number of hydrogen-bond acceptors (Lipinski definition) is 3. The van der Waals surface area contributed by atoms with Crippen LogP contribution in [0.25, 0.3) is 10.8 Å². The SMILES string of the molecule is CC12CC=C3CC4CC(O)CCC4CC[C@]3(O)C1CCC2c1ccc2ccncc2c1. The summed E-state index contributed by atoms with van der Waals surface area (Å²) in [6.07, 6.45) is 15.5. The molecule has 31 heavy (non-hydrogen) atoms. The van der Waals surface area contributed by atoms with Crippen LogP contribution in [0.4, 0.5) is 0 Å². The third kappa shape index (κ3) is 3.03. The molecule has 3 nitrogen and oxygen atoms in total. The van der Waals surface area contributed by atoms with E-state index in [9.17, 15) is 10.2 Å². The molecule has 4 aliphatic carbocycles. The van der Waals surface area contributed by atoms with E-state index < -0.39 is 5.60 Å². The summed E-state index contributed by atoms with van der Waals surface area (Å²) in [5.74, 6) is 2.05. The Morgan fingerprint density at radius 3 is 2.81 bits per heavy atom. The van der Waals surface area contributed by atoms with Gasteiger partial charge in [-0.15, -0.1) is 0 Å². The number of aliphatic hydroxyl groups is 2. The molecule has 3 heteroatoms. The number of aromatic nitrogens is 1. The molecule has 0 bridgehead atoms. The molecule has 1 heterocycles. The summed E-state index contributed by atoms with van der Waals surface area (Å²) in [7, 11) is 0. The first-order valence-corrected chi connectivity index (χ1v) is 12.4. The van der Waals surface area contributed by atoms with Crippen LogP contribution in [0.15, 0.2) is 48.3 Å². The number of allylic oxidation sites excluding steroid dienone is 1. The van der Waals surface area contributed by atoms with Crippen LogP contribution >= 0.6 is 0 Å². The predicted molar refractivity (Wildman–Crippen MR) is 124 cm³/mol. The second kappa shape index (κ2) is 7.15. The summed E-state index contributed by atoms with van der Waals surface area (Å²) < 4.78 is 0. The Hall–Kier alpha value is -1.71. The Balaban J connectivity index is 1.34. The zero-order valence-electron chi connectivity index (χ0n) is 18.6. The average Bonchev–Trinajstić information content (AvgIpc) is 3.06. The van der Waals surface area contributed by atoms with Gasteiger partial charge < -0.3 is 10.2 Å². The van der Waals surface area contributed by atoms with Crippen molar-refractivity contribution >= 4 is 10.8 Å². The third-order valence-corrected chi connectivity index (χ3v) is 9.81. The van der Waals surface area contributed by atoms with Gasteiger partial charge in [-0.2, -0.15) is 0 Å². The number of fused-ring (bicyclic) bond motifs is 5. The highest BCUT2D eigenvalue weighted by Gasteiger charge is 2.59. The molecule has 3 saturated carbocycles. The van der Waals surface area contributed by atoms with Crippen molar-refractivity contribution in [3.05, 3.63) is 53.9 Å². The summed E-state index contributed by atoms with van der Waals surface area (Å²) in [6, 6.07) is 8.97. The van der Waals surface area contributed by atoms with E-state index in [-0.39, 0.29) is 11.5 Å². The van der Waals surface area contributed by atoms with E-state index in [2.05, 4.69) is 42.2 Å². The van der Waals surface area contributed by atoms with Gasteiger partial charge in [0.2, 0.25) is 0 Å². The third-order valence-electron chi connectivity index (χ3n) is 9.81. The molecule has 2 aromatic rings. The Kier molecular flexibility index (Phi) is 4.60. The maximum Gasteiger partial charge on any atom is 0.0890 e. The minimum absolute atomic E-state index is 0.100. The highest BCUT2D eigenvalue weighted by atomic mass is 16.3. The van der Waals surface area contributed by atoms with Crippen LogP contribution in [-0.2, 0) is 0 Å². The van der Waals surface area contributed by atoms with Gasteiger partial charge in [-0.3, -0.25) is 4.98 Å². The van der Waals surface area contributed by atoms with Crippen molar-refractivity contribution in [2.45, 2.75) is 82.3 Å². The lowest BCUT2D eigenvalue weighted by Gasteiger charge is -2.50. The van der Waals surface area contributed by atoms with Crippen LogP contribution < -0.4 is 0 Å². The summed E-state index contributed by atoms with van der Waals surface area (Å²) in [6.45, 7) is 2.44. The van der Waals surface area contributed by atoms with Crippen molar-refractivity contribution < 1.29 is 10.2 Å². The minimum atomic E-state index is -0.650. The van der Waals surface area contributed by atoms with Gasteiger partial charge in [0.05, 0.1) is 11.7 Å². The van der Waals surface area contributed by atoms with Gasteiger partial charge in [0.15, 0.2) is 0 Å². The second-order valence-electron chi connectivity index (χ2n) is 11.3. The Labute approximate surface area is 185 Å². The monoisotopic (exact) mass is 417 g/mol. The molecule has 3 fully saturated rings. The van der Waals surface area contributed by atoms with E-state index >= 15 is 0 Å². The molecule has 164 valence electrons. The van der Waals surface area contributed by atoms with Gasteiger partial charge in [-0.05, 0) is 116 Å². The van der Waals surface area contributed by atoms with Crippen LogP contribution in [-0.4, -0.2) is 26.9 Å². The zero-order valence-corrected chi connectivity index (χ0v) is 18.6. The van der Waals surface area contributed by atoms with Crippen molar-refractivity contribution in [3.8, 4) is 0 Å². The van der Waals surface area contributed by atoms with Crippen molar-refractivity contribution in [1.82, 2.24) is 4.98 Å². The van der Waals surface area contributed by atoms with Gasteiger partial charge in [-0.25, -0.2) is 0 Å². The van der Waals surface area contributed by atoms with E-state index in [1.807, 2.05) is 12.4 Å². The molecular weight excluding hydrogens is 382 g/mol. The number of hydrogen-bond donors (Lipinski definition) is 2. The van der Waals surface area contributed by atoms with E-state index in [0.717, 1.165) is 57.8 Å². The van der Waals surface area contributed by atoms with Gasteiger partial charge in [0.25, 0.3) is 0 Å². The molecule has 0 spiro atoms. The first-order valence-electron chi connectivity index (χ1n) is 12.4. The van der Waals surface area contributed by atoms with Crippen LogP contribution in [0.3, 0.4) is 0 Å². The van der Waals surface area contributed by atoms with E-state index in [0.29, 0.717) is 23.7 Å². The summed E-state index contributed by atoms with van der Waals surface area (Å²) in [5, 5.41) is 24.9. The summed E-state index contributed by atoms with van der Waals surface area (Å²) in [4.78, 5) is 4.33. The van der Waals surface area contributed by atoms with Crippen LogP contribution in [0, 0.1) is 23.2 Å². The highest BCUT2D eigenvalue weighted by molar-refractivity contribution is 5.82. The first-order chi connectivity index (χ1) is 15.0. The van der Waals surface area contributed by atoms with Gasteiger partial charge in [0, 0.05) is 17.8 Å². The number of pyridine rings is 1. The quantitative estimate of drug-likeness (QED) is 0.580. The van der Waals surface area contributed by atoms with Gasteiger partial charge in [-0.1, -0.05) is 25.1 Å². The lowest BCUT2D eigenvalue weighted by Crippen LogP contribution is -2.49. The van der Waals surface area contributed by atoms with Crippen molar-refractivity contribution in [2.24, 2.45) is 23.2 Å². The van der Waals surface area contributed by atoms with Gasteiger partial charge in [0.1, 0.15) is 0 Å². The second-order valence-corrected chi connectivity index (χ2v) is 11.3. The first kappa shape index (κ1) is 19.9. The van der Waals surface area contributed by atoms with Crippen LogP contribution in [0.2, 0.25) is 0 Å². The van der Waals surface area contributed by atoms with Gasteiger partial charge >= 0.3 is 0 Å². The molecule has 7 atom stereocenters. The topological polar surface area (TPSA) is 53.4 Å². The Bertz CT molecular complexity index is 1030. The number of aliphatic hydroxyl groups excluding tert-OH is 1. The summed E-state index contributed by atoms with van der Waals surface area (Å²) in [5.41, 5.74) is 2.17.